The monoisotopic (exact) mass is 405 g/mol. The van der Waals surface area contributed by atoms with Gasteiger partial charge in [0.1, 0.15) is 0 Å². The van der Waals surface area contributed by atoms with E-state index in [9.17, 15) is 0 Å². The molecule has 3 nitrogen and oxygen atoms in total. The average Bonchev–Trinajstić information content (AvgIpc) is 3.36. The quantitative estimate of drug-likeness (QED) is 0.359. The lowest BCUT2D eigenvalue weighted by Gasteiger charge is -2.18. The number of thiocarbonyl (C=S) groups is 1. The predicted octanol–water partition coefficient (Wildman–Crippen LogP) is 5.96. The van der Waals surface area contributed by atoms with Gasteiger partial charge >= 0.3 is 0 Å². The molecular weight excluding hydrogens is 382 g/mol. The molecule has 2 heterocycles. The maximum absolute atomic E-state index is 5.56. The third-order valence-corrected chi connectivity index (χ3v) is 6.35. The molecule has 0 amide bonds. The Kier molecular flexibility index (Phi) is 5.46. The first-order chi connectivity index (χ1) is 13.6. The molecule has 0 aliphatic carbocycles. The van der Waals surface area contributed by atoms with Crippen LogP contribution in [0.15, 0.2) is 66.2 Å². The lowest BCUT2D eigenvalue weighted by molar-refractivity contribution is 0.778. The second-order valence-electron chi connectivity index (χ2n) is 6.99. The van der Waals surface area contributed by atoms with Crippen molar-refractivity contribution >= 4 is 45.3 Å². The zero-order valence-electron chi connectivity index (χ0n) is 16.0. The number of H-pyrrole nitrogens is 1. The third-order valence-electron chi connectivity index (χ3n) is 5.11. The number of benzene rings is 2. The standard InChI is InChI=1S/C23H23N3S2/c1-15-9-10-17(12-16(15)2)26-23(27)25-14-20(22-8-5-11-28-22)19-13-24-21-7-4-3-6-18(19)21/h3-13,20,24H,14H2,1-2H3,(H2,25,26,27)/t20-/m1/s1. The highest BCUT2D eigenvalue weighted by Crippen LogP contribution is 2.32. The minimum atomic E-state index is 0.232. The van der Waals surface area contributed by atoms with Crippen molar-refractivity contribution in [3.05, 3.63) is 87.7 Å². The van der Waals surface area contributed by atoms with Crippen LogP contribution in [0.4, 0.5) is 5.69 Å². The summed E-state index contributed by atoms with van der Waals surface area (Å²) in [6.07, 6.45) is 2.12. The second-order valence-corrected chi connectivity index (χ2v) is 8.38. The fourth-order valence-corrected chi connectivity index (χ4v) is 4.47. The van der Waals surface area contributed by atoms with Crippen LogP contribution in [0.3, 0.4) is 0 Å². The molecule has 0 aliphatic heterocycles. The molecule has 2 aromatic carbocycles. The molecule has 2 aromatic heterocycles. The van der Waals surface area contributed by atoms with Gasteiger partial charge in [-0.25, -0.2) is 0 Å². The Morgan fingerprint density at radius 2 is 1.93 bits per heavy atom. The molecule has 5 heteroatoms. The van der Waals surface area contributed by atoms with Gasteiger partial charge in [0.15, 0.2) is 5.11 Å². The molecule has 0 aliphatic rings. The van der Waals surface area contributed by atoms with E-state index in [1.807, 2.05) is 0 Å². The summed E-state index contributed by atoms with van der Waals surface area (Å²) in [5, 5.41) is 10.8. The molecule has 1 atom stereocenters. The summed E-state index contributed by atoms with van der Waals surface area (Å²) < 4.78 is 0. The molecular formula is C23H23N3S2. The number of fused-ring (bicyclic) bond motifs is 1. The summed E-state index contributed by atoms with van der Waals surface area (Å²) >= 11 is 7.34. The topological polar surface area (TPSA) is 39.8 Å². The van der Waals surface area contributed by atoms with Gasteiger partial charge in [-0.15, -0.1) is 11.3 Å². The van der Waals surface area contributed by atoms with Crippen LogP contribution in [0.1, 0.15) is 27.5 Å². The average molecular weight is 406 g/mol. The predicted molar refractivity (Wildman–Crippen MR) is 125 cm³/mol. The fourth-order valence-electron chi connectivity index (χ4n) is 3.42. The Morgan fingerprint density at radius 1 is 1.07 bits per heavy atom. The molecule has 0 fully saturated rings. The van der Waals surface area contributed by atoms with Crippen molar-refractivity contribution in [1.29, 1.82) is 0 Å². The van der Waals surface area contributed by atoms with Gasteiger partial charge in [0.25, 0.3) is 0 Å². The fraction of sp³-hybridized carbons (Fsp3) is 0.174. The Morgan fingerprint density at radius 3 is 2.71 bits per heavy atom. The van der Waals surface area contributed by atoms with Gasteiger partial charge in [-0.3, -0.25) is 0 Å². The van der Waals surface area contributed by atoms with E-state index in [4.69, 9.17) is 12.2 Å². The minimum Gasteiger partial charge on any atom is -0.361 e. The molecule has 3 N–H and O–H groups in total. The van der Waals surface area contributed by atoms with Crippen LogP contribution in [-0.2, 0) is 0 Å². The number of rotatable bonds is 5. The van der Waals surface area contributed by atoms with Gasteiger partial charge < -0.3 is 15.6 Å². The van der Waals surface area contributed by atoms with Crippen LogP contribution in [0.2, 0.25) is 0 Å². The summed E-state index contributed by atoms with van der Waals surface area (Å²) in [7, 11) is 0. The summed E-state index contributed by atoms with van der Waals surface area (Å²) in [4.78, 5) is 4.72. The van der Waals surface area contributed by atoms with E-state index in [1.165, 1.54) is 27.0 Å². The normalized spacial score (nSPS) is 12.1. The minimum absolute atomic E-state index is 0.232. The number of hydrogen-bond acceptors (Lipinski definition) is 2. The smallest absolute Gasteiger partial charge is 0.170 e. The van der Waals surface area contributed by atoms with Crippen molar-refractivity contribution in [3.63, 3.8) is 0 Å². The van der Waals surface area contributed by atoms with Crippen molar-refractivity contribution in [3.8, 4) is 0 Å². The summed E-state index contributed by atoms with van der Waals surface area (Å²) in [6, 6.07) is 19.0. The molecule has 0 unspecified atom stereocenters. The van der Waals surface area contributed by atoms with Crippen LogP contribution in [0.5, 0.6) is 0 Å². The number of aryl methyl sites for hydroxylation is 2. The number of para-hydroxylation sites is 1. The SMILES string of the molecule is Cc1ccc(NC(=S)NC[C@@H](c2cccs2)c2c[nH]c3ccccc23)cc1C. The number of aromatic nitrogens is 1. The van der Waals surface area contributed by atoms with E-state index < -0.39 is 0 Å². The molecule has 0 bridgehead atoms. The number of thiophene rings is 1. The second kappa shape index (κ2) is 8.17. The van der Waals surface area contributed by atoms with E-state index in [0.29, 0.717) is 5.11 Å². The third kappa shape index (κ3) is 3.96. The Bertz CT molecular complexity index is 1100. The van der Waals surface area contributed by atoms with Crippen LogP contribution >= 0.6 is 23.6 Å². The molecule has 0 spiro atoms. The maximum atomic E-state index is 5.56. The zero-order valence-corrected chi connectivity index (χ0v) is 17.6. The Hall–Kier alpha value is -2.63. The number of nitrogens with one attached hydrogen (secondary N) is 3. The molecule has 0 saturated carbocycles. The molecule has 4 aromatic rings. The molecule has 142 valence electrons. The van der Waals surface area contributed by atoms with Gasteiger partial charge in [-0.05, 0) is 72.4 Å². The van der Waals surface area contributed by atoms with Gasteiger partial charge in [-0.2, -0.15) is 0 Å². The first kappa shape index (κ1) is 18.7. The van der Waals surface area contributed by atoms with Crippen molar-refractivity contribution in [2.45, 2.75) is 19.8 Å². The Labute approximate surface area is 174 Å². The lowest BCUT2D eigenvalue weighted by Crippen LogP contribution is -2.32. The summed E-state index contributed by atoms with van der Waals surface area (Å²) in [5.74, 6) is 0.232. The maximum Gasteiger partial charge on any atom is 0.170 e. The van der Waals surface area contributed by atoms with Gasteiger partial charge in [0, 0.05) is 40.1 Å². The first-order valence-electron chi connectivity index (χ1n) is 9.33. The lowest BCUT2D eigenvalue weighted by atomic mass is 9.97. The van der Waals surface area contributed by atoms with Crippen molar-refractivity contribution in [2.75, 3.05) is 11.9 Å². The van der Waals surface area contributed by atoms with Crippen molar-refractivity contribution in [1.82, 2.24) is 10.3 Å². The van der Waals surface area contributed by atoms with E-state index in [1.54, 1.807) is 11.3 Å². The van der Waals surface area contributed by atoms with Gasteiger partial charge in [-0.1, -0.05) is 30.3 Å². The molecule has 4 rings (SSSR count). The van der Waals surface area contributed by atoms with E-state index in [0.717, 1.165) is 17.7 Å². The number of aromatic amines is 1. The van der Waals surface area contributed by atoms with Crippen LogP contribution < -0.4 is 10.6 Å². The van der Waals surface area contributed by atoms with Crippen LogP contribution in [0, 0.1) is 13.8 Å². The Balaban J connectivity index is 1.52. The van der Waals surface area contributed by atoms with Crippen LogP contribution in [-0.4, -0.2) is 16.6 Å². The summed E-state index contributed by atoms with van der Waals surface area (Å²) in [5.41, 5.74) is 6.00. The molecule has 0 saturated heterocycles. The number of anilines is 1. The largest absolute Gasteiger partial charge is 0.361 e. The first-order valence-corrected chi connectivity index (χ1v) is 10.6. The van der Waals surface area contributed by atoms with Crippen molar-refractivity contribution in [2.24, 2.45) is 0 Å². The van der Waals surface area contributed by atoms with Crippen LogP contribution in [0.25, 0.3) is 10.9 Å². The van der Waals surface area contributed by atoms with E-state index in [2.05, 4.69) is 95.6 Å². The van der Waals surface area contributed by atoms with Gasteiger partial charge in [0.05, 0.1) is 0 Å². The highest BCUT2D eigenvalue weighted by Gasteiger charge is 2.19. The van der Waals surface area contributed by atoms with Gasteiger partial charge in [0.2, 0.25) is 0 Å². The van der Waals surface area contributed by atoms with Crippen molar-refractivity contribution < 1.29 is 0 Å². The van der Waals surface area contributed by atoms with E-state index in [-0.39, 0.29) is 5.92 Å². The molecule has 28 heavy (non-hydrogen) atoms. The highest BCUT2D eigenvalue weighted by atomic mass is 32.1. The number of hydrogen-bond donors (Lipinski definition) is 3. The van der Waals surface area contributed by atoms with E-state index >= 15 is 0 Å². The summed E-state index contributed by atoms with van der Waals surface area (Å²) in [6.45, 7) is 4.96. The highest BCUT2D eigenvalue weighted by molar-refractivity contribution is 7.80. The zero-order chi connectivity index (χ0) is 19.5. The molecule has 0 radical (unpaired) electrons.